The summed E-state index contributed by atoms with van der Waals surface area (Å²) in [6.45, 7) is 0.0839. The number of anilines is 1. The molecular weight excluding hydrogens is 353 g/mol. The van der Waals surface area contributed by atoms with Gasteiger partial charge in [-0.25, -0.2) is 13.2 Å². The second kappa shape index (κ2) is 6.13. The number of halogens is 4. The first-order valence-electron chi connectivity index (χ1n) is 5.70. The van der Waals surface area contributed by atoms with Gasteiger partial charge in [-0.3, -0.25) is 10.1 Å². The van der Waals surface area contributed by atoms with E-state index in [1.54, 1.807) is 0 Å². The molecule has 2 rings (SSSR count). The van der Waals surface area contributed by atoms with E-state index in [2.05, 4.69) is 21.2 Å². The summed E-state index contributed by atoms with van der Waals surface area (Å²) in [6, 6.07) is 5.97. The molecule has 0 aromatic heterocycles. The summed E-state index contributed by atoms with van der Waals surface area (Å²) in [7, 11) is 0. The van der Waals surface area contributed by atoms with Crippen LogP contribution in [0.15, 0.2) is 34.8 Å². The Hall–Kier alpha value is -2.09. The summed E-state index contributed by atoms with van der Waals surface area (Å²) in [6.07, 6.45) is 0. The van der Waals surface area contributed by atoms with E-state index in [0.717, 1.165) is 12.1 Å². The number of hydrogen-bond donors (Lipinski definition) is 1. The lowest BCUT2D eigenvalue weighted by atomic mass is 10.2. The minimum Gasteiger partial charge on any atom is -0.378 e. The second-order valence-corrected chi connectivity index (χ2v) is 4.96. The highest BCUT2D eigenvalue weighted by Crippen LogP contribution is 2.25. The van der Waals surface area contributed by atoms with E-state index in [1.165, 1.54) is 18.2 Å². The average Bonchev–Trinajstić information content (AvgIpc) is 2.45. The lowest BCUT2D eigenvalue weighted by molar-refractivity contribution is -0.384. The molecule has 0 aliphatic rings. The zero-order chi connectivity index (χ0) is 15.6. The average molecular weight is 361 g/mol. The Balaban J connectivity index is 2.17. The molecule has 0 aliphatic heterocycles. The molecule has 0 amide bonds. The quantitative estimate of drug-likeness (QED) is 0.499. The van der Waals surface area contributed by atoms with Gasteiger partial charge in [-0.15, -0.1) is 0 Å². The molecule has 110 valence electrons. The van der Waals surface area contributed by atoms with Gasteiger partial charge in [-0.1, -0.05) is 15.9 Å². The van der Waals surface area contributed by atoms with Crippen molar-refractivity contribution in [2.45, 2.75) is 6.54 Å². The van der Waals surface area contributed by atoms with E-state index >= 15 is 0 Å². The fourth-order valence-electron chi connectivity index (χ4n) is 1.65. The van der Waals surface area contributed by atoms with Crippen molar-refractivity contribution in [1.82, 2.24) is 0 Å². The van der Waals surface area contributed by atoms with Gasteiger partial charge in [0.1, 0.15) is 0 Å². The molecule has 1 N–H and O–H groups in total. The Morgan fingerprint density at radius 2 is 1.86 bits per heavy atom. The van der Waals surface area contributed by atoms with Crippen molar-refractivity contribution in [3.05, 3.63) is 67.9 Å². The van der Waals surface area contributed by atoms with Gasteiger partial charge < -0.3 is 5.32 Å². The molecule has 8 heteroatoms. The molecule has 0 saturated heterocycles. The molecule has 4 nitrogen and oxygen atoms in total. The Morgan fingerprint density at radius 3 is 2.48 bits per heavy atom. The van der Waals surface area contributed by atoms with Crippen molar-refractivity contribution in [1.29, 1.82) is 0 Å². The summed E-state index contributed by atoms with van der Waals surface area (Å²) in [5, 5.41) is 13.2. The fraction of sp³-hybridized carbons (Fsp3) is 0.0769. The van der Waals surface area contributed by atoms with Gasteiger partial charge in [-0.05, 0) is 23.8 Å². The Morgan fingerprint density at radius 1 is 1.14 bits per heavy atom. The van der Waals surface area contributed by atoms with Crippen molar-refractivity contribution in [2.75, 3.05) is 5.32 Å². The Bertz CT molecular complexity index is 710. The van der Waals surface area contributed by atoms with Crippen LogP contribution in [0.25, 0.3) is 0 Å². The predicted octanol–water partition coefficient (Wildman–Crippen LogP) is 4.39. The third-order valence-electron chi connectivity index (χ3n) is 2.75. The first-order valence-corrected chi connectivity index (χ1v) is 6.49. The number of nitrogens with zero attached hydrogens (tertiary/aromatic N) is 1. The van der Waals surface area contributed by atoms with E-state index in [-0.39, 0.29) is 17.9 Å². The molecule has 0 saturated carbocycles. The number of hydrogen-bond acceptors (Lipinski definition) is 3. The minimum absolute atomic E-state index is 0.0839. The smallest absolute Gasteiger partial charge is 0.270 e. The summed E-state index contributed by atoms with van der Waals surface area (Å²) in [5.74, 6) is -4.13. The van der Waals surface area contributed by atoms with Crippen molar-refractivity contribution >= 4 is 27.3 Å². The van der Waals surface area contributed by atoms with Gasteiger partial charge in [0.2, 0.25) is 0 Å². The Labute approximate surface area is 125 Å². The number of non-ortho nitro benzene ring substituents is 1. The molecule has 0 atom stereocenters. The van der Waals surface area contributed by atoms with Gasteiger partial charge in [0.25, 0.3) is 5.69 Å². The molecular formula is C13H8BrF3N2O2. The lowest BCUT2D eigenvalue weighted by Crippen LogP contribution is -2.04. The largest absolute Gasteiger partial charge is 0.378 e. The molecule has 0 aliphatic carbocycles. The standard InChI is InChI=1S/C13H8BrF3N2O2/c14-9-5-8(19(20)21)2-1-7(9)6-18-11-4-3-10(15)12(16)13(11)17/h1-5,18H,6H2. The third-order valence-corrected chi connectivity index (χ3v) is 3.49. The number of nitro groups is 1. The summed E-state index contributed by atoms with van der Waals surface area (Å²) >= 11 is 3.16. The first kappa shape index (κ1) is 15.3. The van der Waals surface area contributed by atoms with Crippen LogP contribution < -0.4 is 5.32 Å². The molecule has 2 aromatic rings. The van der Waals surface area contributed by atoms with E-state index in [4.69, 9.17) is 0 Å². The SMILES string of the molecule is O=[N+]([O-])c1ccc(CNc2ccc(F)c(F)c2F)c(Br)c1. The molecule has 0 bridgehead atoms. The maximum absolute atomic E-state index is 13.5. The summed E-state index contributed by atoms with van der Waals surface area (Å²) in [5.41, 5.74) is 0.313. The van der Waals surface area contributed by atoms with Gasteiger partial charge in [0, 0.05) is 23.2 Å². The fourth-order valence-corrected chi connectivity index (χ4v) is 2.15. The van der Waals surface area contributed by atoms with Gasteiger partial charge >= 0.3 is 0 Å². The molecule has 0 fully saturated rings. The minimum atomic E-state index is -1.55. The van der Waals surface area contributed by atoms with Crippen molar-refractivity contribution in [2.24, 2.45) is 0 Å². The lowest BCUT2D eigenvalue weighted by Gasteiger charge is -2.09. The summed E-state index contributed by atoms with van der Waals surface area (Å²) in [4.78, 5) is 10.1. The molecule has 0 heterocycles. The zero-order valence-electron chi connectivity index (χ0n) is 10.4. The summed E-state index contributed by atoms with van der Waals surface area (Å²) < 4.78 is 39.8. The van der Waals surface area contributed by atoms with Crippen molar-refractivity contribution in [3.8, 4) is 0 Å². The van der Waals surface area contributed by atoms with Gasteiger partial charge in [0.15, 0.2) is 17.5 Å². The van der Waals surface area contributed by atoms with Crippen LogP contribution in [0.2, 0.25) is 0 Å². The van der Waals surface area contributed by atoms with Crippen LogP contribution in [0.4, 0.5) is 24.5 Å². The van der Waals surface area contributed by atoms with Crippen molar-refractivity contribution < 1.29 is 18.1 Å². The molecule has 0 radical (unpaired) electrons. The number of benzene rings is 2. The zero-order valence-corrected chi connectivity index (χ0v) is 12.0. The number of nitrogens with one attached hydrogen (secondary N) is 1. The molecule has 2 aromatic carbocycles. The number of rotatable bonds is 4. The van der Waals surface area contributed by atoms with Crippen LogP contribution in [0.5, 0.6) is 0 Å². The maximum atomic E-state index is 13.5. The second-order valence-electron chi connectivity index (χ2n) is 4.11. The maximum Gasteiger partial charge on any atom is 0.270 e. The normalized spacial score (nSPS) is 10.5. The molecule has 0 unspecified atom stereocenters. The topological polar surface area (TPSA) is 55.2 Å². The van der Waals surface area contributed by atoms with Crippen LogP contribution in [0.1, 0.15) is 5.56 Å². The highest BCUT2D eigenvalue weighted by Gasteiger charge is 2.14. The van der Waals surface area contributed by atoms with E-state index in [9.17, 15) is 23.3 Å². The van der Waals surface area contributed by atoms with Crippen LogP contribution in [-0.2, 0) is 6.54 Å². The third kappa shape index (κ3) is 3.33. The van der Waals surface area contributed by atoms with Crippen LogP contribution >= 0.6 is 15.9 Å². The van der Waals surface area contributed by atoms with Crippen LogP contribution in [0.3, 0.4) is 0 Å². The van der Waals surface area contributed by atoms with Crippen LogP contribution in [0, 0.1) is 27.6 Å². The van der Waals surface area contributed by atoms with Crippen molar-refractivity contribution in [3.63, 3.8) is 0 Å². The highest BCUT2D eigenvalue weighted by molar-refractivity contribution is 9.10. The number of nitro benzene ring substituents is 1. The molecule has 21 heavy (non-hydrogen) atoms. The monoisotopic (exact) mass is 360 g/mol. The van der Waals surface area contributed by atoms with E-state index < -0.39 is 22.4 Å². The Kier molecular flexibility index (Phi) is 4.46. The van der Waals surface area contributed by atoms with Gasteiger partial charge in [-0.2, -0.15) is 0 Å². The predicted molar refractivity (Wildman–Crippen MR) is 74.4 cm³/mol. The van der Waals surface area contributed by atoms with Crippen LogP contribution in [-0.4, -0.2) is 4.92 Å². The van der Waals surface area contributed by atoms with E-state index in [0.29, 0.717) is 10.0 Å². The molecule has 0 spiro atoms. The highest BCUT2D eigenvalue weighted by atomic mass is 79.9. The van der Waals surface area contributed by atoms with E-state index in [1.807, 2.05) is 0 Å². The first-order chi connectivity index (χ1) is 9.90. The van der Waals surface area contributed by atoms with Gasteiger partial charge in [0.05, 0.1) is 10.6 Å².